The molecular formula is C17H18N2O. The predicted octanol–water partition coefficient (Wildman–Crippen LogP) is 3.31. The molecule has 0 aliphatic rings. The fraction of sp³-hybridized carbons (Fsp3) is 0.235. The van der Waals surface area contributed by atoms with Crippen molar-refractivity contribution in [3.8, 4) is 0 Å². The molecular weight excluding hydrogens is 248 g/mol. The van der Waals surface area contributed by atoms with E-state index in [-0.39, 0.29) is 6.04 Å². The monoisotopic (exact) mass is 266 g/mol. The SMILES string of the molecule is Cc1nccc2ccn(C(c3ccccc3)C(C)O)c12. The number of hydrogen-bond donors (Lipinski definition) is 1. The van der Waals surface area contributed by atoms with Gasteiger partial charge in [-0.25, -0.2) is 0 Å². The van der Waals surface area contributed by atoms with Crippen LogP contribution in [0, 0.1) is 6.92 Å². The van der Waals surface area contributed by atoms with E-state index in [0.29, 0.717) is 0 Å². The summed E-state index contributed by atoms with van der Waals surface area (Å²) in [7, 11) is 0. The van der Waals surface area contributed by atoms with Gasteiger partial charge in [0, 0.05) is 17.8 Å². The quantitative estimate of drug-likeness (QED) is 0.789. The highest BCUT2D eigenvalue weighted by Gasteiger charge is 2.21. The van der Waals surface area contributed by atoms with Gasteiger partial charge in [-0.15, -0.1) is 0 Å². The minimum Gasteiger partial charge on any atom is -0.391 e. The normalized spacial score (nSPS) is 14.3. The molecule has 3 nitrogen and oxygen atoms in total. The fourth-order valence-corrected chi connectivity index (χ4v) is 2.84. The number of pyridine rings is 1. The summed E-state index contributed by atoms with van der Waals surface area (Å²) < 4.78 is 2.12. The van der Waals surface area contributed by atoms with Crippen LogP contribution in [0.2, 0.25) is 0 Å². The minimum absolute atomic E-state index is 0.100. The molecule has 0 aliphatic carbocycles. The first-order valence-electron chi connectivity index (χ1n) is 6.83. The Morgan fingerprint density at radius 1 is 1.10 bits per heavy atom. The molecule has 0 saturated carbocycles. The Labute approximate surface area is 118 Å². The Kier molecular flexibility index (Phi) is 3.28. The van der Waals surface area contributed by atoms with Crippen molar-refractivity contribution >= 4 is 10.9 Å². The summed E-state index contributed by atoms with van der Waals surface area (Å²) in [6.45, 7) is 3.83. The fourth-order valence-electron chi connectivity index (χ4n) is 2.84. The molecule has 3 aromatic rings. The lowest BCUT2D eigenvalue weighted by Gasteiger charge is -2.24. The van der Waals surface area contributed by atoms with E-state index < -0.39 is 6.10 Å². The zero-order valence-electron chi connectivity index (χ0n) is 11.7. The maximum Gasteiger partial charge on any atom is 0.0843 e. The first-order valence-corrected chi connectivity index (χ1v) is 6.83. The van der Waals surface area contributed by atoms with Gasteiger partial charge in [-0.3, -0.25) is 4.98 Å². The van der Waals surface area contributed by atoms with E-state index in [1.807, 2.05) is 50.5 Å². The molecule has 0 bridgehead atoms. The summed E-state index contributed by atoms with van der Waals surface area (Å²) in [4.78, 5) is 4.37. The molecule has 0 fully saturated rings. The molecule has 2 aromatic heterocycles. The second-order valence-electron chi connectivity index (χ2n) is 5.15. The molecule has 2 atom stereocenters. The zero-order chi connectivity index (χ0) is 14.1. The maximum absolute atomic E-state index is 10.2. The van der Waals surface area contributed by atoms with Crippen LogP contribution in [0.15, 0.2) is 54.9 Å². The van der Waals surface area contributed by atoms with Crippen LogP contribution in [0.25, 0.3) is 10.9 Å². The number of aromatic nitrogens is 2. The number of fused-ring (bicyclic) bond motifs is 1. The number of aliphatic hydroxyl groups excluding tert-OH is 1. The number of benzene rings is 1. The molecule has 102 valence electrons. The number of aryl methyl sites for hydroxylation is 1. The molecule has 1 N–H and O–H groups in total. The first-order chi connectivity index (χ1) is 9.68. The van der Waals surface area contributed by atoms with E-state index >= 15 is 0 Å². The van der Waals surface area contributed by atoms with Crippen LogP contribution in [-0.4, -0.2) is 20.8 Å². The van der Waals surface area contributed by atoms with Gasteiger partial charge in [0.15, 0.2) is 0 Å². The van der Waals surface area contributed by atoms with Crippen LogP contribution >= 0.6 is 0 Å². The molecule has 0 saturated heterocycles. The largest absolute Gasteiger partial charge is 0.391 e. The first kappa shape index (κ1) is 12.9. The van der Waals surface area contributed by atoms with Crippen LogP contribution in [-0.2, 0) is 0 Å². The van der Waals surface area contributed by atoms with Gasteiger partial charge in [0.05, 0.1) is 23.4 Å². The Morgan fingerprint density at radius 2 is 1.85 bits per heavy atom. The molecule has 0 amide bonds. The molecule has 0 radical (unpaired) electrons. The molecule has 1 aromatic carbocycles. The van der Waals surface area contributed by atoms with Gasteiger partial charge in [-0.2, -0.15) is 0 Å². The average Bonchev–Trinajstić information content (AvgIpc) is 2.85. The third kappa shape index (κ3) is 2.10. The standard InChI is InChI=1S/C17H18N2O/c1-12-16-15(8-10-18-12)9-11-19(16)17(13(2)20)14-6-4-3-5-7-14/h3-11,13,17,20H,1-2H3. The van der Waals surface area contributed by atoms with E-state index in [1.54, 1.807) is 0 Å². The highest BCUT2D eigenvalue weighted by molar-refractivity contribution is 5.82. The Balaban J connectivity index is 2.21. The summed E-state index contributed by atoms with van der Waals surface area (Å²) in [6, 6.07) is 14.1. The third-order valence-electron chi connectivity index (χ3n) is 3.71. The lowest BCUT2D eigenvalue weighted by Crippen LogP contribution is -2.22. The van der Waals surface area contributed by atoms with Crippen LogP contribution in [0.1, 0.15) is 24.2 Å². The number of rotatable bonds is 3. The van der Waals surface area contributed by atoms with Gasteiger partial charge >= 0.3 is 0 Å². The predicted molar refractivity (Wildman–Crippen MR) is 80.7 cm³/mol. The van der Waals surface area contributed by atoms with E-state index in [4.69, 9.17) is 0 Å². The molecule has 3 heteroatoms. The zero-order valence-corrected chi connectivity index (χ0v) is 11.7. The lowest BCUT2D eigenvalue weighted by atomic mass is 10.0. The number of nitrogens with zero attached hydrogens (tertiary/aromatic N) is 2. The molecule has 3 rings (SSSR count). The number of aliphatic hydroxyl groups is 1. The van der Waals surface area contributed by atoms with Crippen LogP contribution < -0.4 is 0 Å². The molecule has 0 aliphatic heterocycles. The minimum atomic E-state index is -0.479. The van der Waals surface area contributed by atoms with E-state index in [1.165, 1.54) is 0 Å². The summed E-state index contributed by atoms with van der Waals surface area (Å²) in [6.07, 6.45) is 3.37. The second kappa shape index (κ2) is 5.10. The van der Waals surface area contributed by atoms with E-state index in [0.717, 1.165) is 22.2 Å². The molecule has 2 heterocycles. The summed E-state index contributed by atoms with van der Waals surface area (Å²) in [5.41, 5.74) is 3.17. The molecule has 0 spiro atoms. The summed E-state index contributed by atoms with van der Waals surface area (Å²) >= 11 is 0. The van der Waals surface area contributed by atoms with Crippen molar-refractivity contribution in [1.82, 2.24) is 9.55 Å². The highest BCUT2D eigenvalue weighted by Crippen LogP contribution is 2.28. The summed E-state index contributed by atoms with van der Waals surface area (Å²) in [5, 5.41) is 11.4. The Hall–Kier alpha value is -2.13. The van der Waals surface area contributed by atoms with Crippen LogP contribution in [0.5, 0.6) is 0 Å². The van der Waals surface area contributed by atoms with E-state index in [2.05, 4.69) is 27.8 Å². The van der Waals surface area contributed by atoms with Gasteiger partial charge < -0.3 is 9.67 Å². The summed E-state index contributed by atoms with van der Waals surface area (Å²) in [5.74, 6) is 0. The Bertz CT molecular complexity index is 716. The van der Waals surface area contributed by atoms with Crippen molar-refractivity contribution in [3.05, 3.63) is 66.1 Å². The van der Waals surface area contributed by atoms with Crippen molar-refractivity contribution in [2.75, 3.05) is 0 Å². The molecule has 2 unspecified atom stereocenters. The Morgan fingerprint density at radius 3 is 2.55 bits per heavy atom. The van der Waals surface area contributed by atoms with Crippen molar-refractivity contribution in [1.29, 1.82) is 0 Å². The molecule has 20 heavy (non-hydrogen) atoms. The average molecular weight is 266 g/mol. The van der Waals surface area contributed by atoms with Gasteiger partial charge in [-0.05, 0) is 31.5 Å². The topological polar surface area (TPSA) is 38.0 Å². The maximum atomic E-state index is 10.2. The van der Waals surface area contributed by atoms with Crippen LogP contribution in [0.4, 0.5) is 0 Å². The van der Waals surface area contributed by atoms with Gasteiger partial charge in [-0.1, -0.05) is 30.3 Å². The van der Waals surface area contributed by atoms with Gasteiger partial charge in [0.1, 0.15) is 0 Å². The van der Waals surface area contributed by atoms with E-state index in [9.17, 15) is 5.11 Å². The highest BCUT2D eigenvalue weighted by atomic mass is 16.3. The van der Waals surface area contributed by atoms with Gasteiger partial charge in [0.2, 0.25) is 0 Å². The second-order valence-corrected chi connectivity index (χ2v) is 5.15. The number of hydrogen-bond acceptors (Lipinski definition) is 2. The van der Waals surface area contributed by atoms with Crippen molar-refractivity contribution in [2.45, 2.75) is 26.0 Å². The smallest absolute Gasteiger partial charge is 0.0843 e. The third-order valence-corrected chi connectivity index (χ3v) is 3.71. The van der Waals surface area contributed by atoms with Crippen molar-refractivity contribution < 1.29 is 5.11 Å². The van der Waals surface area contributed by atoms with Gasteiger partial charge in [0.25, 0.3) is 0 Å². The lowest BCUT2D eigenvalue weighted by molar-refractivity contribution is 0.150. The van der Waals surface area contributed by atoms with Crippen molar-refractivity contribution in [3.63, 3.8) is 0 Å². The van der Waals surface area contributed by atoms with Crippen molar-refractivity contribution in [2.24, 2.45) is 0 Å². The van der Waals surface area contributed by atoms with Crippen LogP contribution in [0.3, 0.4) is 0 Å².